The van der Waals surface area contributed by atoms with Gasteiger partial charge < -0.3 is 44.0 Å². The van der Waals surface area contributed by atoms with Gasteiger partial charge in [0.15, 0.2) is 12.2 Å². The number of carbonyl (C=O) groups is 4. The highest BCUT2D eigenvalue weighted by Crippen LogP contribution is 2.47. The van der Waals surface area contributed by atoms with Crippen molar-refractivity contribution in [3.05, 3.63) is 138 Å². The lowest BCUT2D eigenvalue weighted by Gasteiger charge is -2.44. The number of phenols is 1. The topological polar surface area (TPSA) is 133 Å². The highest BCUT2D eigenvalue weighted by molar-refractivity contribution is 6.35. The maximum absolute atomic E-state index is 14.0. The molecule has 0 bridgehead atoms. The van der Waals surface area contributed by atoms with Crippen LogP contribution in [0, 0.1) is 18.8 Å². The summed E-state index contributed by atoms with van der Waals surface area (Å²) >= 11 is 13.9. The Hall–Kier alpha value is -6.98. The molecule has 4 fully saturated rings. The van der Waals surface area contributed by atoms with E-state index < -0.39 is 12.2 Å². The fourth-order valence-electron chi connectivity index (χ4n) is 13.1. The summed E-state index contributed by atoms with van der Waals surface area (Å²) in [6.07, 6.45) is 5.65. The lowest BCUT2D eigenvalue weighted by atomic mass is 9.94. The summed E-state index contributed by atoms with van der Waals surface area (Å²) in [5.41, 5.74) is 5.94. The number of ether oxygens (including phenoxy) is 2. The van der Waals surface area contributed by atoms with Crippen LogP contribution in [0.15, 0.2) is 122 Å². The third-order valence-corrected chi connectivity index (χ3v) is 18.6. The van der Waals surface area contributed by atoms with Crippen LogP contribution < -0.4 is 19.3 Å². The van der Waals surface area contributed by atoms with Crippen molar-refractivity contribution in [2.24, 2.45) is 11.8 Å². The first kappa shape index (κ1) is 58.8. The Morgan fingerprint density at radius 2 is 0.976 bits per heavy atom. The summed E-state index contributed by atoms with van der Waals surface area (Å²) in [5.74, 6) is 1.44. The number of hydrogen-bond donors (Lipinski definition) is 1. The van der Waals surface area contributed by atoms with Gasteiger partial charge in [-0.1, -0.05) is 97.0 Å². The Bertz CT molecular complexity index is 3280. The molecule has 0 saturated carbocycles. The van der Waals surface area contributed by atoms with Crippen LogP contribution in [0.3, 0.4) is 0 Å². The molecule has 6 heterocycles. The quantitative estimate of drug-likeness (QED) is 0.105. The van der Waals surface area contributed by atoms with Crippen LogP contribution in [0.25, 0.3) is 43.8 Å². The van der Waals surface area contributed by atoms with Gasteiger partial charge in [0.25, 0.3) is 11.8 Å². The minimum atomic E-state index is -0.658. The molecule has 4 amide bonds. The molecule has 0 aliphatic carbocycles. The second-order valence-corrected chi connectivity index (χ2v) is 24.9. The lowest BCUT2D eigenvalue weighted by Crippen LogP contribution is -2.58. The Morgan fingerprint density at radius 3 is 1.39 bits per heavy atom. The number of nitrogens with zero attached hydrogens (tertiary/aromatic N) is 8. The largest absolute Gasteiger partial charge is 0.508 e. The fourth-order valence-corrected chi connectivity index (χ4v) is 13.6. The van der Waals surface area contributed by atoms with Gasteiger partial charge >= 0.3 is 0 Å². The van der Waals surface area contributed by atoms with E-state index in [2.05, 4.69) is 92.1 Å². The number of aromatic hydroxyl groups is 1. The molecule has 12 rings (SSSR count). The molecule has 6 aromatic rings. The molecular weight excluding hydrogens is 1100 g/mol. The number of phenolic OH excluding ortho intramolecular Hbond substituents is 1. The van der Waals surface area contributed by atoms with Crippen LogP contribution in [0.1, 0.15) is 31.2 Å². The molecule has 0 spiro atoms. The van der Waals surface area contributed by atoms with Crippen molar-refractivity contribution < 1.29 is 33.8 Å². The molecule has 440 valence electrons. The number of hydrogen-bond acceptors (Lipinski definition) is 11. The zero-order chi connectivity index (χ0) is 59.1. The number of benzene rings is 6. The maximum Gasteiger partial charge on any atom is 0.269 e. The molecule has 2 atom stereocenters. The first-order chi connectivity index (χ1) is 40.4. The van der Waals surface area contributed by atoms with Crippen LogP contribution >= 0.6 is 23.2 Å². The molecule has 6 aliphatic heterocycles. The van der Waals surface area contributed by atoms with E-state index in [0.717, 1.165) is 101 Å². The minimum Gasteiger partial charge on any atom is -0.508 e. The molecule has 1 N–H and O–H groups in total. The number of likely N-dealkylation sites (tertiary alicyclic amines) is 4. The standard InChI is InChI=1S/C34H39ClN4O3.C33H37ClN4O4/c1-5-33(40)38-18-23(19-38)20-39-30-17-29(35)28(27-15-22(2)14-24-8-6-7-9-26(24)27)16-31(30)42-32(34(39)41)21-37-12-10-25(11-13-37)36(3)4;1-4-32(40)37-17-21(18-37)19-38-29-16-28(34)27(26-14-24(39)13-22-7-5-6-8-25(22)26)15-30(29)42-31(33(38)41)20-36-11-9-23(10-12-36)35(2)3/h5-9,14-17,23,25,32H,1,10-13,18-21H2,2-4H3;4-8,13-16,21,23,31,39H,1,9-12,17-20H2,2-3H3. The average Bonchev–Trinajstić information content (AvgIpc) is 1.25. The predicted octanol–water partition coefficient (Wildman–Crippen LogP) is 9.86. The molecule has 6 aromatic carbocycles. The number of aryl methyl sites for hydroxylation is 1. The van der Waals surface area contributed by atoms with Crippen molar-refractivity contribution in [2.75, 3.05) is 117 Å². The Kier molecular flexibility index (Phi) is 17.4. The van der Waals surface area contributed by atoms with Crippen molar-refractivity contribution in [3.63, 3.8) is 0 Å². The SMILES string of the molecule is C=CC(=O)N1CC(CN2C(=O)C(CN3CCC(N(C)C)CC3)Oc3cc(-c4cc(C)cc5ccccc45)c(Cl)cc32)C1.C=CC(=O)N1CC(CN2C(=O)C(CN3CCC(N(C)C)CC3)Oc3cc(-c4cc(O)cc5ccccc45)c(Cl)cc32)C1. The van der Waals surface area contributed by atoms with Crippen molar-refractivity contribution in [2.45, 2.75) is 56.9 Å². The van der Waals surface area contributed by atoms with Crippen LogP contribution in [0.2, 0.25) is 10.0 Å². The van der Waals surface area contributed by atoms with E-state index in [4.69, 9.17) is 32.7 Å². The van der Waals surface area contributed by atoms with E-state index in [1.165, 1.54) is 12.2 Å². The number of halogens is 2. The van der Waals surface area contributed by atoms with Gasteiger partial charge in [0.1, 0.15) is 17.2 Å². The molecule has 0 radical (unpaired) electrons. The number of amides is 4. The monoisotopic (exact) mass is 1170 g/mol. The number of anilines is 2. The van der Waals surface area contributed by atoms with Crippen LogP contribution in [0.5, 0.6) is 17.2 Å². The summed E-state index contributed by atoms with van der Waals surface area (Å²) in [6.45, 7) is 17.4. The highest BCUT2D eigenvalue weighted by atomic mass is 35.5. The Balaban J connectivity index is 0.000000175. The van der Waals surface area contributed by atoms with E-state index in [-0.39, 0.29) is 41.2 Å². The minimum absolute atomic E-state index is 0.0458. The average molecular weight is 1180 g/mol. The van der Waals surface area contributed by atoms with Gasteiger partial charge in [0.05, 0.1) is 21.4 Å². The number of carbonyl (C=O) groups excluding carboxylic acids is 4. The molecule has 0 aromatic heterocycles. The van der Waals surface area contributed by atoms with E-state index in [1.54, 1.807) is 32.9 Å². The van der Waals surface area contributed by atoms with Crippen molar-refractivity contribution >= 4 is 79.8 Å². The molecule has 15 nitrogen and oxygen atoms in total. The van der Waals surface area contributed by atoms with Gasteiger partial charge in [-0.15, -0.1) is 0 Å². The van der Waals surface area contributed by atoms with Gasteiger partial charge in [-0.3, -0.25) is 29.0 Å². The molecule has 84 heavy (non-hydrogen) atoms. The van der Waals surface area contributed by atoms with Gasteiger partial charge in [0, 0.05) is 87.4 Å². The third kappa shape index (κ3) is 12.3. The first-order valence-electron chi connectivity index (χ1n) is 29.4. The van der Waals surface area contributed by atoms with E-state index in [9.17, 15) is 24.3 Å². The zero-order valence-corrected chi connectivity index (χ0v) is 50.3. The molecule has 4 saturated heterocycles. The second-order valence-electron chi connectivity index (χ2n) is 24.1. The summed E-state index contributed by atoms with van der Waals surface area (Å²) in [7, 11) is 8.50. The van der Waals surface area contributed by atoms with Crippen LogP contribution in [0.4, 0.5) is 11.4 Å². The highest BCUT2D eigenvalue weighted by Gasteiger charge is 2.43. The van der Waals surface area contributed by atoms with Gasteiger partial charge in [-0.25, -0.2) is 0 Å². The summed E-state index contributed by atoms with van der Waals surface area (Å²) in [5, 5.41) is 15.7. The molecule has 6 aliphatic rings. The van der Waals surface area contributed by atoms with Crippen molar-refractivity contribution in [1.82, 2.24) is 29.4 Å². The lowest BCUT2D eigenvalue weighted by molar-refractivity contribution is -0.133. The third-order valence-electron chi connectivity index (χ3n) is 17.9. The van der Waals surface area contributed by atoms with Crippen LogP contribution in [-0.2, 0) is 19.2 Å². The van der Waals surface area contributed by atoms with Crippen molar-refractivity contribution in [3.8, 4) is 39.5 Å². The molecule has 17 heteroatoms. The van der Waals surface area contributed by atoms with E-state index in [1.807, 2.05) is 59.5 Å². The first-order valence-corrected chi connectivity index (χ1v) is 30.1. The number of fused-ring (bicyclic) bond motifs is 4. The van der Waals surface area contributed by atoms with Crippen molar-refractivity contribution in [1.29, 1.82) is 0 Å². The zero-order valence-electron chi connectivity index (χ0n) is 48.8. The van der Waals surface area contributed by atoms with Gasteiger partial charge in [-0.2, -0.15) is 0 Å². The van der Waals surface area contributed by atoms with E-state index >= 15 is 0 Å². The Morgan fingerprint density at radius 1 is 0.571 bits per heavy atom. The van der Waals surface area contributed by atoms with Gasteiger partial charge in [-0.05, 0) is 174 Å². The number of piperidine rings is 2. The second kappa shape index (κ2) is 24.9. The smallest absolute Gasteiger partial charge is 0.269 e. The number of rotatable bonds is 14. The summed E-state index contributed by atoms with van der Waals surface area (Å²) in [6, 6.07) is 32.7. The van der Waals surface area contributed by atoms with Gasteiger partial charge in [0.2, 0.25) is 11.8 Å². The molecule has 2 unspecified atom stereocenters. The maximum atomic E-state index is 14.0. The summed E-state index contributed by atoms with van der Waals surface area (Å²) < 4.78 is 13.0. The van der Waals surface area contributed by atoms with Crippen LogP contribution in [-0.4, -0.2) is 189 Å². The Labute approximate surface area is 503 Å². The molecular formula is C67H76Cl2N8O7. The fraction of sp³-hybridized carbons (Fsp3) is 0.403. The van der Waals surface area contributed by atoms with E-state index in [0.29, 0.717) is 97.4 Å². The normalized spacial score (nSPS) is 20.0. The summed E-state index contributed by atoms with van der Waals surface area (Å²) in [4.78, 5) is 68.4. The predicted molar refractivity (Wildman–Crippen MR) is 336 cm³/mol.